The lowest BCUT2D eigenvalue weighted by atomic mass is 10.0. The molecule has 19 heavy (non-hydrogen) atoms. The SMILES string of the molecule is CCCNC(Cc1ccoc1)c1ccc(F)c(Br)c1. The van der Waals surface area contributed by atoms with Crippen LogP contribution in [-0.2, 0) is 6.42 Å². The Hall–Kier alpha value is -1.13. The van der Waals surface area contributed by atoms with E-state index in [4.69, 9.17) is 4.42 Å². The number of benzene rings is 1. The molecule has 0 aliphatic carbocycles. The minimum Gasteiger partial charge on any atom is -0.472 e. The second-order valence-electron chi connectivity index (χ2n) is 4.52. The topological polar surface area (TPSA) is 25.2 Å². The third kappa shape index (κ3) is 3.91. The average Bonchev–Trinajstić information content (AvgIpc) is 2.91. The van der Waals surface area contributed by atoms with Gasteiger partial charge in [-0.15, -0.1) is 0 Å². The first-order chi connectivity index (χ1) is 9.20. The van der Waals surface area contributed by atoms with E-state index in [1.807, 2.05) is 18.2 Å². The molecular weight excluding hydrogens is 309 g/mol. The van der Waals surface area contributed by atoms with Crippen molar-refractivity contribution in [2.45, 2.75) is 25.8 Å². The van der Waals surface area contributed by atoms with Crippen molar-refractivity contribution in [2.24, 2.45) is 0 Å². The summed E-state index contributed by atoms with van der Waals surface area (Å²) in [6.45, 7) is 3.06. The van der Waals surface area contributed by atoms with Gasteiger partial charge >= 0.3 is 0 Å². The highest BCUT2D eigenvalue weighted by atomic mass is 79.9. The standard InChI is InChI=1S/C15H17BrFNO/c1-2-6-18-15(8-11-5-7-19-10-11)12-3-4-14(17)13(16)9-12/h3-5,7,9-10,15,18H,2,6,8H2,1H3. The first-order valence-corrected chi connectivity index (χ1v) is 7.19. The highest BCUT2D eigenvalue weighted by Gasteiger charge is 2.13. The Kier molecular flexibility index (Phi) is 5.16. The summed E-state index contributed by atoms with van der Waals surface area (Å²) in [5.74, 6) is -0.235. The summed E-state index contributed by atoms with van der Waals surface area (Å²) in [5, 5.41) is 3.49. The molecule has 4 heteroatoms. The molecule has 1 heterocycles. The van der Waals surface area contributed by atoms with E-state index in [1.165, 1.54) is 6.07 Å². The van der Waals surface area contributed by atoms with Crippen LogP contribution < -0.4 is 5.32 Å². The Morgan fingerprint density at radius 3 is 2.84 bits per heavy atom. The molecule has 1 atom stereocenters. The lowest BCUT2D eigenvalue weighted by molar-refractivity contribution is 0.519. The summed E-state index contributed by atoms with van der Waals surface area (Å²) in [4.78, 5) is 0. The molecular formula is C15H17BrFNO. The van der Waals surface area contributed by atoms with E-state index in [0.29, 0.717) is 4.47 Å². The van der Waals surface area contributed by atoms with Crippen molar-refractivity contribution >= 4 is 15.9 Å². The van der Waals surface area contributed by atoms with Crippen LogP contribution in [-0.4, -0.2) is 6.54 Å². The van der Waals surface area contributed by atoms with Crippen LogP contribution in [0.3, 0.4) is 0 Å². The summed E-state index contributed by atoms with van der Waals surface area (Å²) in [5.41, 5.74) is 2.21. The van der Waals surface area contributed by atoms with Gasteiger partial charge in [0.05, 0.1) is 17.0 Å². The van der Waals surface area contributed by atoms with Gasteiger partial charge in [-0.3, -0.25) is 0 Å². The van der Waals surface area contributed by atoms with Gasteiger partial charge in [-0.25, -0.2) is 4.39 Å². The number of rotatable bonds is 6. The quantitative estimate of drug-likeness (QED) is 0.847. The van der Waals surface area contributed by atoms with Gasteiger partial charge in [0.15, 0.2) is 0 Å². The first kappa shape index (κ1) is 14.3. The van der Waals surface area contributed by atoms with E-state index >= 15 is 0 Å². The third-order valence-corrected chi connectivity index (χ3v) is 3.61. The van der Waals surface area contributed by atoms with Crippen molar-refractivity contribution in [3.05, 3.63) is 58.2 Å². The molecule has 0 saturated heterocycles. The fraction of sp³-hybridized carbons (Fsp3) is 0.333. The lowest BCUT2D eigenvalue weighted by Crippen LogP contribution is -2.24. The van der Waals surface area contributed by atoms with E-state index in [9.17, 15) is 4.39 Å². The molecule has 0 aliphatic heterocycles. The van der Waals surface area contributed by atoms with Crippen molar-refractivity contribution in [3.8, 4) is 0 Å². The van der Waals surface area contributed by atoms with Crippen LogP contribution in [0, 0.1) is 5.82 Å². The average molecular weight is 326 g/mol. The minimum absolute atomic E-state index is 0.162. The lowest BCUT2D eigenvalue weighted by Gasteiger charge is -2.18. The Bertz CT molecular complexity index is 513. The van der Waals surface area contributed by atoms with E-state index in [2.05, 4.69) is 28.2 Å². The molecule has 2 nitrogen and oxygen atoms in total. The second-order valence-corrected chi connectivity index (χ2v) is 5.37. The monoisotopic (exact) mass is 325 g/mol. The minimum atomic E-state index is -0.235. The van der Waals surface area contributed by atoms with Crippen LogP contribution in [0.5, 0.6) is 0 Å². The number of hydrogen-bond acceptors (Lipinski definition) is 2. The van der Waals surface area contributed by atoms with Gasteiger partial charge in [-0.1, -0.05) is 13.0 Å². The van der Waals surface area contributed by atoms with E-state index < -0.39 is 0 Å². The molecule has 1 N–H and O–H groups in total. The van der Waals surface area contributed by atoms with Crippen LogP contribution in [0.4, 0.5) is 4.39 Å². The van der Waals surface area contributed by atoms with Crippen LogP contribution in [0.15, 0.2) is 45.7 Å². The Morgan fingerprint density at radius 2 is 2.21 bits per heavy atom. The maximum atomic E-state index is 13.3. The van der Waals surface area contributed by atoms with Gasteiger partial charge < -0.3 is 9.73 Å². The Labute approximate surface area is 121 Å². The largest absolute Gasteiger partial charge is 0.472 e. The predicted octanol–water partition coefficient (Wildman–Crippen LogP) is 4.46. The summed E-state index contributed by atoms with van der Waals surface area (Å²) in [6.07, 6.45) is 5.31. The van der Waals surface area contributed by atoms with Crippen molar-refractivity contribution < 1.29 is 8.81 Å². The summed E-state index contributed by atoms with van der Waals surface area (Å²) < 4.78 is 18.9. The maximum absolute atomic E-state index is 13.3. The third-order valence-electron chi connectivity index (χ3n) is 3.01. The molecule has 0 spiro atoms. The van der Waals surface area contributed by atoms with Gasteiger partial charge in [0.25, 0.3) is 0 Å². The van der Waals surface area contributed by atoms with Crippen molar-refractivity contribution in [1.82, 2.24) is 5.32 Å². The highest BCUT2D eigenvalue weighted by molar-refractivity contribution is 9.10. The molecule has 0 radical (unpaired) electrons. The van der Waals surface area contributed by atoms with Gasteiger partial charge in [0, 0.05) is 6.04 Å². The highest BCUT2D eigenvalue weighted by Crippen LogP contribution is 2.24. The van der Waals surface area contributed by atoms with Gasteiger partial charge in [0.1, 0.15) is 5.82 Å². The van der Waals surface area contributed by atoms with E-state index in [0.717, 1.165) is 30.5 Å². The molecule has 0 aliphatic rings. The molecule has 2 rings (SSSR count). The summed E-state index contributed by atoms with van der Waals surface area (Å²) in [6, 6.07) is 7.28. The number of hydrogen-bond donors (Lipinski definition) is 1. The van der Waals surface area contributed by atoms with Gasteiger partial charge in [-0.2, -0.15) is 0 Å². The molecule has 0 saturated carbocycles. The molecule has 102 valence electrons. The van der Waals surface area contributed by atoms with Crippen molar-refractivity contribution in [3.63, 3.8) is 0 Å². The van der Waals surface area contributed by atoms with Gasteiger partial charge in [0.2, 0.25) is 0 Å². The molecule has 1 aromatic carbocycles. The predicted molar refractivity (Wildman–Crippen MR) is 77.5 cm³/mol. The maximum Gasteiger partial charge on any atom is 0.137 e. The van der Waals surface area contributed by atoms with Crippen LogP contribution >= 0.6 is 15.9 Å². The molecule has 2 aromatic rings. The summed E-state index contributed by atoms with van der Waals surface area (Å²) in [7, 11) is 0. The van der Waals surface area contributed by atoms with Crippen molar-refractivity contribution in [2.75, 3.05) is 6.54 Å². The second kappa shape index (κ2) is 6.87. The molecule has 1 unspecified atom stereocenters. The number of furan rings is 1. The number of nitrogens with one attached hydrogen (secondary N) is 1. The molecule has 0 bridgehead atoms. The Morgan fingerprint density at radius 1 is 1.37 bits per heavy atom. The van der Waals surface area contributed by atoms with Crippen LogP contribution in [0.2, 0.25) is 0 Å². The van der Waals surface area contributed by atoms with Gasteiger partial charge in [-0.05, 0) is 64.6 Å². The fourth-order valence-electron chi connectivity index (χ4n) is 2.00. The molecule has 1 aromatic heterocycles. The van der Waals surface area contributed by atoms with E-state index in [1.54, 1.807) is 12.5 Å². The fourth-order valence-corrected chi connectivity index (χ4v) is 2.40. The first-order valence-electron chi connectivity index (χ1n) is 6.40. The zero-order valence-electron chi connectivity index (χ0n) is 10.8. The molecule has 0 fully saturated rings. The zero-order valence-corrected chi connectivity index (χ0v) is 12.4. The number of halogens is 2. The normalized spacial score (nSPS) is 12.6. The van der Waals surface area contributed by atoms with E-state index in [-0.39, 0.29) is 11.9 Å². The summed E-state index contributed by atoms with van der Waals surface area (Å²) >= 11 is 3.24. The Balaban J connectivity index is 2.18. The van der Waals surface area contributed by atoms with Crippen LogP contribution in [0.1, 0.15) is 30.5 Å². The zero-order chi connectivity index (χ0) is 13.7. The molecule has 0 amide bonds. The van der Waals surface area contributed by atoms with Crippen LogP contribution in [0.25, 0.3) is 0 Å². The van der Waals surface area contributed by atoms with Crippen molar-refractivity contribution in [1.29, 1.82) is 0 Å². The smallest absolute Gasteiger partial charge is 0.137 e.